The van der Waals surface area contributed by atoms with Crippen LogP contribution in [0.3, 0.4) is 0 Å². The molecule has 2 unspecified atom stereocenters. The van der Waals surface area contributed by atoms with Gasteiger partial charge in [-0.05, 0) is 40.5 Å². The van der Waals surface area contributed by atoms with Gasteiger partial charge in [-0.2, -0.15) is 13.2 Å². The van der Waals surface area contributed by atoms with Crippen LogP contribution in [0.2, 0.25) is 0 Å². The summed E-state index contributed by atoms with van der Waals surface area (Å²) in [7, 11) is 0. The van der Waals surface area contributed by atoms with Crippen molar-refractivity contribution >= 4 is 17.1 Å². The first-order chi connectivity index (χ1) is 16.9. The first-order valence-corrected chi connectivity index (χ1v) is 11.5. The second-order valence-corrected chi connectivity index (χ2v) is 8.80. The van der Waals surface area contributed by atoms with Gasteiger partial charge in [0.15, 0.2) is 6.29 Å². The lowest BCUT2D eigenvalue weighted by atomic mass is 9.83. The van der Waals surface area contributed by atoms with Gasteiger partial charge < -0.3 is 10.1 Å². The van der Waals surface area contributed by atoms with Gasteiger partial charge in [0, 0.05) is 30.1 Å². The van der Waals surface area contributed by atoms with E-state index in [1.165, 1.54) is 22.4 Å². The zero-order valence-electron chi connectivity index (χ0n) is 18.9. The summed E-state index contributed by atoms with van der Waals surface area (Å²) in [5, 5.41) is 5.83. The largest absolute Gasteiger partial charge is 0.489 e. The zero-order chi connectivity index (χ0) is 24.4. The summed E-state index contributed by atoms with van der Waals surface area (Å²) in [5.41, 5.74) is 1.30. The van der Waals surface area contributed by atoms with Crippen molar-refractivity contribution in [3.63, 3.8) is 0 Å². The number of carbonyl (C=O) groups excluding carboxylic acids is 1. The average Bonchev–Trinajstić information content (AvgIpc) is 2.87. The number of hydrogen-bond acceptors (Lipinski definition) is 3. The van der Waals surface area contributed by atoms with E-state index in [2.05, 4.69) is 29.6 Å². The van der Waals surface area contributed by atoms with Gasteiger partial charge >= 0.3 is 6.18 Å². The number of benzene rings is 4. The minimum atomic E-state index is -4.60. The molecule has 3 nitrogen and oxygen atoms in total. The molecule has 1 heterocycles. The first kappa shape index (κ1) is 23.1. The molecule has 0 spiro atoms. The number of hydrogen-bond donors (Lipinski definition) is 1. The Morgan fingerprint density at radius 3 is 2.54 bits per heavy atom. The maximum Gasteiger partial charge on any atom is 0.417 e. The van der Waals surface area contributed by atoms with Gasteiger partial charge in [0.2, 0.25) is 0 Å². The minimum Gasteiger partial charge on any atom is -0.489 e. The maximum absolute atomic E-state index is 13.6. The topological polar surface area (TPSA) is 38.3 Å². The number of rotatable bonds is 6. The predicted molar refractivity (Wildman–Crippen MR) is 130 cm³/mol. The van der Waals surface area contributed by atoms with E-state index in [9.17, 15) is 18.0 Å². The second kappa shape index (κ2) is 9.55. The van der Waals surface area contributed by atoms with Crippen LogP contribution in [-0.4, -0.2) is 18.9 Å². The van der Waals surface area contributed by atoms with Crippen LogP contribution < -0.4 is 10.1 Å². The van der Waals surface area contributed by atoms with Crippen LogP contribution in [0, 0.1) is 0 Å². The molecule has 0 aromatic heterocycles. The number of aldehydes is 1. The zero-order valence-corrected chi connectivity index (χ0v) is 18.9. The summed E-state index contributed by atoms with van der Waals surface area (Å²) in [5.74, 6) is 0.403. The van der Waals surface area contributed by atoms with E-state index in [1.807, 2.05) is 42.5 Å². The number of ether oxygens (including phenoxy) is 1. The predicted octanol–water partition coefficient (Wildman–Crippen LogP) is 6.74. The molecule has 5 rings (SSSR count). The van der Waals surface area contributed by atoms with Crippen LogP contribution in [0.25, 0.3) is 10.8 Å². The third-order valence-corrected chi connectivity index (χ3v) is 6.57. The summed E-state index contributed by atoms with van der Waals surface area (Å²) in [6.07, 6.45) is -4.04. The van der Waals surface area contributed by atoms with Crippen LogP contribution in [-0.2, 0) is 12.7 Å². The molecule has 0 saturated heterocycles. The molecule has 1 aliphatic heterocycles. The standard InChI is InChI=1S/C29H24F3NO2/c30-29(31,32)27-14-20(12-13-22(27)18-34)26-15-23(35-28-11-4-3-10-25(26)28)17-33-16-21-8-5-7-19-6-1-2-9-24(19)21/h1-14,18,23,26,33H,15-17H2. The molecule has 1 N–H and O–H groups in total. The highest BCUT2D eigenvalue weighted by atomic mass is 19.4. The highest BCUT2D eigenvalue weighted by Gasteiger charge is 2.36. The minimum absolute atomic E-state index is 0.218. The van der Waals surface area contributed by atoms with Crippen molar-refractivity contribution < 1.29 is 22.7 Å². The Bertz CT molecular complexity index is 1360. The molecule has 0 saturated carbocycles. The highest BCUT2D eigenvalue weighted by molar-refractivity contribution is 5.85. The highest BCUT2D eigenvalue weighted by Crippen LogP contribution is 2.42. The number of halogens is 3. The Morgan fingerprint density at radius 2 is 1.71 bits per heavy atom. The van der Waals surface area contributed by atoms with Gasteiger partial charge in [0.25, 0.3) is 0 Å². The van der Waals surface area contributed by atoms with Crippen molar-refractivity contribution in [3.8, 4) is 5.75 Å². The second-order valence-electron chi connectivity index (χ2n) is 8.80. The van der Waals surface area contributed by atoms with Crippen LogP contribution in [0.4, 0.5) is 13.2 Å². The molecule has 0 amide bonds. The van der Waals surface area contributed by atoms with E-state index >= 15 is 0 Å². The van der Waals surface area contributed by atoms with Gasteiger partial charge in [-0.25, -0.2) is 0 Å². The van der Waals surface area contributed by atoms with Crippen LogP contribution >= 0.6 is 0 Å². The number of fused-ring (bicyclic) bond motifs is 2. The fraction of sp³-hybridized carbons (Fsp3) is 0.207. The van der Waals surface area contributed by atoms with E-state index < -0.39 is 11.7 Å². The van der Waals surface area contributed by atoms with E-state index in [0.717, 1.165) is 11.6 Å². The molecule has 0 radical (unpaired) electrons. The fourth-order valence-corrected chi connectivity index (χ4v) is 4.89. The normalized spacial score (nSPS) is 17.6. The van der Waals surface area contributed by atoms with Gasteiger partial charge in [0.1, 0.15) is 11.9 Å². The van der Waals surface area contributed by atoms with Crippen LogP contribution in [0.5, 0.6) is 5.75 Å². The molecule has 0 bridgehead atoms. The van der Waals surface area contributed by atoms with E-state index in [0.29, 0.717) is 30.8 Å². The average molecular weight is 476 g/mol. The molecular weight excluding hydrogens is 451 g/mol. The molecule has 1 aliphatic rings. The Labute approximate surface area is 201 Å². The summed E-state index contributed by atoms with van der Waals surface area (Å²) < 4.78 is 47.0. The lowest BCUT2D eigenvalue weighted by Gasteiger charge is -2.33. The Kier molecular flexibility index (Phi) is 6.31. The molecule has 35 heavy (non-hydrogen) atoms. The van der Waals surface area contributed by atoms with Crippen molar-refractivity contribution in [3.05, 3.63) is 113 Å². The van der Waals surface area contributed by atoms with Gasteiger partial charge in [-0.3, -0.25) is 4.79 Å². The molecule has 6 heteroatoms. The molecule has 0 fully saturated rings. The number of para-hydroxylation sites is 1. The van der Waals surface area contributed by atoms with Crippen molar-refractivity contribution in [2.45, 2.75) is 31.2 Å². The smallest absolute Gasteiger partial charge is 0.417 e. The van der Waals surface area contributed by atoms with E-state index in [1.54, 1.807) is 6.07 Å². The monoisotopic (exact) mass is 475 g/mol. The maximum atomic E-state index is 13.6. The Morgan fingerprint density at radius 1 is 0.943 bits per heavy atom. The summed E-state index contributed by atoms with van der Waals surface area (Å²) in [4.78, 5) is 11.2. The molecule has 4 aromatic carbocycles. The third kappa shape index (κ3) is 4.80. The van der Waals surface area contributed by atoms with Crippen molar-refractivity contribution in [1.29, 1.82) is 0 Å². The summed E-state index contributed by atoms with van der Waals surface area (Å²) in [6.45, 7) is 1.20. The number of alkyl halides is 3. The van der Waals surface area contributed by atoms with Crippen molar-refractivity contribution in [1.82, 2.24) is 5.32 Å². The van der Waals surface area contributed by atoms with Gasteiger partial charge in [-0.1, -0.05) is 72.8 Å². The van der Waals surface area contributed by atoms with E-state index in [-0.39, 0.29) is 23.9 Å². The van der Waals surface area contributed by atoms with Crippen LogP contribution in [0.1, 0.15) is 45.0 Å². The molecule has 2 atom stereocenters. The fourth-order valence-electron chi connectivity index (χ4n) is 4.89. The first-order valence-electron chi connectivity index (χ1n) is 11.5. The quantitative estimate of drug-likeness (QED) is 0.314. The molecular formula is C29H24F3NO2. The van der Waals surface area contributed by atoms with E-state index in [4.69, 9.17) is 4.74 Å². The van der Waals surface area contributed by atoms with Crippen molar-refractivity contribution in [2.24, 2.45) is 0 Å². The Hall–Kier alpha value is -3.64. The number of nitrogens with one attached hydrogen (secondary N) is 1. The van der Waals surface area contributed by atoms with Crippen LogP contribution in [0.15, 0.2) is 84.9 Å². The molecule has 0 aliphatic carbocycles. The van der Waals surface area contributed by atoms with Crippen molar-refractivity contribution in [2.75, 3.05) is 6.54 Å². The SMILES string of the molecule is O=Cc1ccc(C2CC(CNCc3cccc4ccccc34)Oc3ccccc32)cc1C(F)(F)F. The lowest BCUT2D eigenvalue weighted by molar-refractivity contribution is -0.137. The number of carbonyl (C=O) groups is 1. The third-order valence-electron chi connectivity index (χ3n) is 6.57. The van der Waals surface area contributed by atoms with Gasteiger partial charge in [-0.15, -0.1) is 0 Å². The summed E-state index contributed by atoms with van der Waals surface area (Å²) >= 11 is 0. The molecule has 178 valence electrons. The summed E-state index contributed by atoms with van der Waals surface area (Å²) in [6, 6.07) is 25.8. The lowest BCUT2D eigenvalue weighted by Crippen LogP contribution is -2.35. The van der Waals surface area contributed by atoms with Gasteiger partial charge in [0.05, 0.1) is 5.56 Å². The molecule has 4 aromatic rings. The Balaban J connectivity index is 1.38.